The number of para-hydroxylation sites is 1. The molecule has 0 heterocycles. The van der Waals surface area contributed by atoms with Gasteiger partial charge in [-0.05, 0) is 36.6 Å². The number of halogens is 1. The van der Waals surface area contributed by atoms with E-state index in [0.717, 1.165) is 15.1 Å². The van der Waals surface area contributed by atoms with Crippen LogP contribution in [0.25, 0.3) is 0 Å². The Hall–Kier alpha value is -1.79. The second kappa shape index (κ2) is 8.00. The molecule has 0 bridgehead atoms. The highest BCUT2D eigenvalue weighted by Gasteiger charge is 2.09. The zero-order valence-corrected chi connectivity index (χ0v) is 14.3. The second-order valence-corrected chi connectivity index (χ2v) is 6.21. The summed E-state index contributed by atoms with van der Waals surface area (Å²) in [6.45, 7) is -0.0753. The lowest BCUT2D eigenvalue weighted by Gasteiger charge is -2.10. The molecule has 2 rings (SSSR count). The Bertz CT molecular complexity index is 691. The summed E-state index contributed by atoms with van der Waals surface area (Å²) in [4.78, 5) is 24.9. The van der Waals surface area contributed by atoms with E-state index in [1.165, 1.54) is 0 Å². The van der Waals surface area contributed by atoms with E-state index in [4.69, 9.17) is 0 Å². The van der Waals surface area contributed by atoms with Crippen molar-refractivity contribution in [2.45, 2.75) is 4.90 Å². The van der Waals surface area contributed by atoms with Gasteiger partial charge in [0.15, 0.2) is 0 Å². The standard InChI is InChI=1S/C16H15BrN2O2S/c1-22-14-8-3-2-7-13(14)19-15(20)10-18-16(21)11-5-4-6-12(17)9-11/h2-9H,10H2,1H3,(H,18,21)(H,19,20). The molecular formula is C16H15BrN2O2S. The normalized spacial score (nSPS) is 10.1. The summed E-state index contributed by atoms with van der Waals surface area (Å²) in [5.41, 5.74) is 1.25. The summed E-state index contributed by atoms with van der Waals surface area (Å²) in [6.07, 6.45) is 1.94. The van der Waals surface area contributed by atoms with Gasteiger partial charge in [-0.3, -0.25) is 9.59 Å². The molecule has 2 amide bonds. The van der Waals surface area contributed by atoms with Gasteiger partial charge in [-0.1, -0.05) is 34.1 Å². The molecule has 0 aliphatic carbocycles. The monoisotopic (exact) mass is 378 g/mol. The third-order valence-corrected chi connectivity index (χ3v) is 4.17. The average molecular weight is 379 g/mol. The number of carbonyl (C=O) groups is 2. The summed E-state index contributed by atoms with van der Waals surface area (Å²) in [6, 6.07) is 14.5. The Morgan fingerprint density at radius 1 is 1.14 bits per heavy atom. The molecule has 0 aliphatic heterocycles. The largest absolute Gasteiger partial charge is 0.343 e. The Kier molecular flexibility index (Phi) is 6.03. The molecule has 0 spiro atoms. The number of hydrogen-bond acceptors (Lipinski definition) is 3. The van der Waals surface area contributed by atoms with Crippen LogP contribution >= 0.6 is 27.7 Å². The number of benzene rings is 2. The molecule has 0 saturated carbocycles. The van der Waals surface area contributed by atoms with E-state index in [1.54, 1.807) is 30.0 Å². The van der Waals surface area contributed by atoms with Crippen LogP contribution in [0.5, 0.6) is 0 Å². The zero-order chi connectivity index (χ0) is 15.9. The fourth-order valence-electron chi connectivity index (χ4n) is 1.83. The molecule has 2 N–H and O–H groups in total. The van der Waals surface area contributed by atoms with Gasteiger partial charge in [-0.2, -0.15) is 0 Å². The Labute approximate surface area is 141 Å². The molecule has 0 aromatic heterocycles. The first-order chi connectivity index (χ1) is 10.6. The Morgan fingerprint density at radius 3 is 2.64 bits per heavy atom. The maximum atomic E-state index is 12.0. The number of thioether (sulfide) groups is 1. The first-order valence-corrected chi connectivity index (χ1v) is 8.58. The van der Waals surface area contributed by atoms with Crippen molar-refractivity contribution in [1.29, 1.82) is 0 Å². The second-order valence-electron chi connectivity index (χ2n) is 4.44. The minimum absolute atomic E-state index is 0.0753. The molecule has 6 heteroatoms. The van der Waals surface area contributed by atoms with Crippen LogP contribution in [0, 0.1) is 0 Å². The summed E-state index contributed by atoms with van der Waals surface area (Å²) in [5.74, 6) is -0.542. The molecule has 0 unspecified atom stereocenters. The number of amides is 2. The van der Waals surface area contributed by atoms with Gasteiger partial charge in [0.1, 0.15) is 0 Å². The predicted octanol–water partition coefficient (Wildman–Crippen LogP) is 3.54. The minimum atomic E-state index is -0.283. The van der Waals surface area contributed by atoms with Gasteiger partial charge in [-0.25, -0.2) is 0 Å². The molecule has 0 fully saturated rings. The van der Waals surface area contributed by atoms with E-state index < -0.39 is 0 Å². The van der Waals surface area contributed by atoms with Gasteiger partial charge >= 0.3 is 0 Å². The van der Waals surface area contributed by atoms with Crippen LogP contribution in [-0.4, -0.2) is 24.6 Å². The van der Waals surface area contributed by atoms with Crippen LogP contribution in [0.2, 0.25) is 0 Å². The minimum Gasteiger partial charge on any atom is -0.343 e. The van der Waals surface area contributed by atoms with Crippen molar-refractivity contribution in [1.82, 2.24) is 5.32 Å². The smallest absolute Gasteiger partial charge is 0.251 e. The molecule has 114 valence electrons. The maximum absolute atomic E-state index is 12.0. The molecule has 0 atom stereocenters. The van der Waals surface area contributed by atoms with Crippen LogP contribution in [0.15, 0.2) is 57.9 Å². The maximum Gasteiger partial charge on any atom is 0.251 e. The number of hydrogen-bond donors (Lipinski definition) is 2. The number of anilines is 1. The highest BCUT2D eigenvalue weighted by atomic mass is 79.9. The summed E-state index contributed by atoms with van der Waals surface area (Å²) < 4.78 is 0.818. The predicted molar refractivity (Wildman–Crippen MR) is 93.3 cm³/mol. The fraction of sp³-hybridized carbons (Fsp3) is 0.125. The van der Waals surface area contributed by atoms with Crippen LogP contribution in [-0.2, 0) is 4.79 Å². The molecule has 2 aromatic carbocycles. The van der Waals surface area contributed by atoms with E-state index in [9.17, 15) is 9.59 Å². The van der Waals surface area contributed by atoms with Gasteiger partial charge in [0.25, 0.3) is 5.91 Å². The summed E-state index contributed by atoms with van der Waals surface area (Å²) >= 11 is 4.86. The number of rotatable bonds is 5. The fourth-order valence-corrected chi connectivity index (χ4v) is 2.79. The van der Waals surface area contributed by atoms with Crippen LogP contribution in [0.3, 0.4) is 0 Å². The molecule has 0 radical (unpaired) electrons. The topological polar surface area (TPSA) is 58.2 Å². The van der Waals surface area contributed by atoms with Crippen molar-refractivity contribution in [3.63, 3.8) is 0 Å². The Morgan fingerprint density at radius 2 is 1.91 bits per heavy atom. The molecular weight excluding hydrogens is 364 g/mol. The van der Waals surface area contributed by atoms with Gasteiger partial charge < -0.3 is 10.6 Å². The van der Waals surface area contributed by atoms with Crippen LogP contribution in [0.1, 0.15) is 10.4 Å². The summed E-state index contributed by atoms with van der Waals surface area (Å²) in [5, 5.41) is 5.40. The lowest BCUT2D eigenvalue weighted by Crippen LogP contribution is -2.32. The highest BCUT2D eigenvalue weighted by molar-refractivity contribution is 9.10. The molecule has 4 nitrogen and oxygen atoms in total. The van der Waals surface area contributed by atoms with Crippen molar-refractivity contribution in [2.75, 3.05) is 18.1 Å². The van der Waals surface area contributed by atoms with E-state index in [2.05, 4.69) is 26.6 Å². The quantitative estimate of drug-likeness (QED) is 0.782. The number of nitrogens with one attached hydrogen (secondary N) is 2. The SMILES string of the molecule is CSc1ccccc1NC(=O)CNC(=O)c1cccc(Br)c1. The van der Waals surface area contributed by atoms with Gasteiger partial charge in [0.05, 0.1) is 12.2 Å². The van der Waals surface area contributed by atoms with E-state index in [0.29, 0.717) is 5.56 Å². The third kappa shape index (κ3) is 4.61. The molecule has 0 saturated heterocycles. The van der Waals surface area contributed by atoms with Crippen molar-refractivity contribution < 1.29 is 9.59 Å². The van der Waals surface area contributed by atoms with Crippen LogP contribution < -0.4 is 10.6 Å². The van der Waals surface area contributed by atoms with Crippen LogP contribution in [0.4, 0.5) is 5.69 Å². The van der Waals surface area contributed by atoms with Gasteiger partial charge in [0.2, 0.25) is 5.91 Å². The van der Waals surface area contributed by atoms with E-state index in [-0.39, 0.29) is 18.4 Å². The van der Waals surface area contributed by atoms with Crippen molar-refractivity contribution in [3.05, 3.63) is 58.6 Å². The first-order valence-electron chi connectivity index (χ1n) is 6.57. The van der Waals surface area contributed by atoms with E-state index >= 15 is 0 Å². The zero-order valence-electron chi connectivity index (χ0n) is 11.9. The summed E-state index contributed by atoms with van der Waals surface area (Å²) in [7, 11) is 0. The van der Waals surface area contributed by atoms with Gasteiger partial charge in [0, 0.05) is 14.9 Å². The van der Waals surface area contributed by atoms with Crippen molar-refractivity contribution >= 4 is 45.2 Å². The van der Waals surface area contributed by atoms with Gasteiger partial charge in [-0.15, -0.1) is 11.8 Å². The Balaban J connectivity index is 1.91. The van der Waals surface area contributed by atoms with E-state index in [1.807, 2.05) is 36.6 Å². The number of carbonyl (C=O) groups excluding carboxylic acids is 2. The third-order valence-electron chi connectivity index (χ3n) is 2.88. The lowest BCUT2D eigenvalue weighted by atomic mass is 10.2. The van der Waals surface area contributed by atoms with Crippen molar-refractivity contribution in [2.24, 2.45) is 0 Å². The highest BCUT2D eigenvalue weighted by Crippen LogP contribution is 2.24. The average Bonchev–Trinajstić information content (AvgIpc) is 2.53. The molecule has 22 heavy (non-hydrogen) atoms. The first kappa shape index (κ1) is 16.6. The lowest BCUT2D eigenvalue weighted by molar-refractivity contribution is -0.115. The molecule has 2 aromatic rings. The molecule has 0 aliphatic rings. The van der Waals surface area contributed by atoms with Crippen molar-refractivity contribution in [3.8, 4) is 0 Å².